The summed E-state index contributed by atoms with van der Waals surface area (Å²) in [7, 11) is 0. The number of H-pyrrole nitrogens is 1. The number of fused-ring (bicyclic) bond motifs is 1. The molecule has 0 bridgehead atoms. The summed E-state index contributed by atoms with van der Waals surface area (Å²) < 4.78 is 33.1. The number of ether oxygens (including phenoxy) is 1. The first-order valence-electron chi connectivity index (χ1n) is 12.4. The van der Waals surface area contributed by atoms with Crippen molar-refractivity contribution in [1.29, 1.82) is 5.41 Å². The number of aromatic nitrogens is 1. The molecule has 0 amide bonds. The Labute approximate surface area is 223 Å². The molecular weight excluding hydrogens is 498 g/mol. The van der Waals surface area contributed by atoms with Crippen LogP contribution in [-0.4, -0.2) is 22.5 Å². The van der Waals surface area contributed by atoms with Crippen LogP contribution in [0.3, 0.4) is 0 Å². The zero-order chi connectivity index (χ0) is 27.1. The molecule has 6 nitrogen and oxygen atoms in total. The number of amidine groups is 1. The van der Waals surface area contributed by atoms with Gasteiger partial charge in [-0.3, -0.25) is 10.4 Å². The highest BCUT2D eigenvalue weighted by Crippen LogP contribution is 2.34. The number of nitrogens with zero attached hydrogens (tertiary/aromatic N) is 1. The van der Waals surface area contributed by atoms with Crippen molar-refractivity contribution >= 4 is 28.2 Å². The van der Waals surface area contributed by atoms with Crippen molar-refractivity contribution in [2.45, 2.75) is 6.92 Å². The maximum absolute atomic E-state index is 14.0. The summed E-state index contributed by atoms with van der Waals surface area (Å²) in [6, 6.07) is 26.7. The van der Waals surface area contributed by atoms with Gasteiger partial charge in [-0.05, 0) is 66.1 Å². The Morgan fingerprint density at radius 2 is 1.74 bits per heavy atom. The van der Waals surface area contributed by atoms with Crippen molar-refractivity contribution in [1.82, 2.24) is 10.4 Å². The van der Waals surface area contributed by atoms with Gasteiger partial charge in [0, 0.05) is 17.4 Å². The third-order valence-electron chi connectivity index (χ3n) is 6.77. The Morgan fingerprint density at radius 1 is 0.949 bits per heavy atom. The smallest absolute Gasteiger partial charge is 0.201 e. The van der Waals surface area contributed by atoms with Gasteiger partial charge in [-0.2, -0.15) is 4.39 Å². The summed E-state index contributed by atoms with van der Waals surface area (Å²) in [5.74, 6) is -1.83. The first kappa shape index (κ1) is 24.4. The largest absolute Gasteiger partial charge is 0.505 e. The molecule has 5 aromatic rings. The normalized spacial score (nSPS) is 14.7. The summed E-state index contributed by atoms with van der Waals surface area (Å²) in [5.41, 5.74) is 8.51. The van der Waals surface area contributed by atoms with Gasteiger partial charge < -0.3 is 14.8 Å². The van der Waals surface area contributed by atoms with Crippen LogP contribution in [0.15, 0.2) is 96.6 Å². The van der Waals surface area contributed by atoms with Crippen molar-refractivity contribution in [3.05, 3.63) is 119 Å². The van der Waals surface area contributed by atoms with Gasteiger partial charge in [0.05, 0.1) is 17.0 Å². The minimum absolute atomic E-state index is 0.00982. The van der Waals surface area contributed by atoms with Crippen LogP contribution in [0.4, 0.5) is 14.5 Å². The van der Waals surface area contributed by atoms with E-state index in [1.54, 1.807) is 23.2 Å². The Morgan fingerprint density at radius 3 is 2.54 bits per heavy atom. The Bertz CT molecular complexity index is 1760. The highest BCUT2D eigenvalue weighted by atomic mass is 19.2. The Hall–Kier alpha value is -4.95. The molecule has 1 saturated heterocycles. The molecule has 4 N–H and O–H groups in total. The van der Waals surface area contributed by atoms with Crippen molar-refractivity contribution < 1.29 is 18.6 Å². The van der Waals surface area contributed by atoms with Crippen LogP contribution < -0.4 is 15.2 Å². The number of rotatable bonds is 5. The molecule has 4 aromatic carbocycles. The molecule has 0 radical (unpaired) electrons. The van der Waals surface area contributed by atoms with Crippen LogP contribution >= 0.6 is 0 Å². The van der Waals surface area contributed by atoms with E-state index < -0.39 is 11.6 Å². The molecule has 0 saturated carbocycles. The van der Waals surface area contributed by atoms with Crippen LogP contribution in [0.2, 0.25) is 0 Å². The van der Waals surface area contributed by atoms with Gasteiger partial charge in [-0.15, -0.1) is 0 Å². The van der Waals surface area contributed by atoms with Crippen molar-refractivity contribution in [2.24, 2.45) is 0 Å². The average molecular weight is 523 g/mol. The molecule has 2 heterocycles. The molecule has 194 valence electrons. The molecule has 1 aromatic heterocycles. The van der Waals surface area contributed by atoms with Crippen LogP contribution in [0.1, 0.15) is 11.3 Å². The fraction of sp³-hybridized carbons (Fsp3) is 0.0645. The van der Waals surface area contributed by atoms with Gasteiger partial charge >= 0.3 is 0 Å². The summed E-state index contributed by atoms with van der Waals surface area (Å²) in [6.45, 7) is 2.07. The molecule has 1 fully saturated rings. The third kappa shape index (κ3) is 4.41. The van der Waals surface area contributed by atoms with E-state index in [9.17, 15) is 13.9 Å². The maximum Gasteiger partial charge on any atom is 0.201 e. The Balaban J connectivity index is 1.28. The zero-order valence-electron chi connectivity index (χ0n) is 20.9. The van der Waals surface area contributed by atoms with E-state index in [0.717, 1.165) is 33.7 Å². The first-order chi connectivity index (χ1) is 18.9. The number of nitrogens with one attached hydrogen (secondary N) is 3. The molecule has 1 aliphatic rings. The molecule has 0 unspecified atom stereocenters. The third-order valence-corrected chi connectivity index (χ3v) is 6.77. The second-order valence-electron chi connectivity index (χ2n) is 9.26. The lowest BCUT2D eigenvalue weighted by Crippen LogP contribution is -2.34. The van der Waals surface area contributed by atoms with E-state index in [1.807, 2.05) is 61.5 Å². The summed E-state index contributed by atoms with van der Waals surface area (Å²) in [6.07, 6.45) is 0. The fourth-order valence-corrected chi connectivity index (χ4v) is 4.80. The number of aromatic amines is 1. The molecule has 0 spiro atoms. The van der Waals surface area contributed by atoms with Gasteiger partial charge in [-0.25, -0.2) is 9.82 Å². The predicted octanol–water partition coefficient (Wildman–Crippen LogP) is 7.48. The van der Waals surface area contributed by atoms with Gasteiger partial charge in [0.25, 0.3) is 0 Å². The van der Waals surface area contributed by atoms with E-state index in [1.165, 1.54) is 12.1 Å². The van der Waals surface area contributed by atoms with Gasteiger partial charge in [0.2, 0.25) is 5.82 Å². The standard InChI is InChI=1S/C31H24F2N4O2/c1-18-15-20(39-28-12-6-10-24(32)29(28)33)13-14-27(18)37-31(34)23(17-35-37)30(38)26-16-22-21(9-5-11-25(22)36-26)19-7-3-2-4-8-19/h2-16,34-36,38H,17H2,1H3. The van der Waals surface area contributed by atoms with E-state index in [0.29, 0.717) is 22.7 Å². The highest BCUT2D eigenvalue weighted by molar-refractivity contribution is 6.13. The molecule has 1 aliphatic heterocycles. The van der Waals surface area contributed by atoms with Crippen molar-refractivity contribution in [2.75, 3.05) is 11.6 Å². The number of hydrogen-bond donors (Lipinski definition) is 4. The SMILES string of the molecule is Cc1cc(Oc2cccc(F)c2F)ccc1N1NCC(=C(O)c2cc3c(-c4ccccc4)cccc3[nH]2)C1=N. The average Bonchev–Trinajstić information content (AvgIpc) is 3.55. The fourth-order valence-electron chi connectivity index (χ4n) is 4.80. The van der Waals surface area contributed by atoms with E-state index in [-0.39, 0.29) is 23.9 Å². The molecular formula is C31H24F2N4O2. The maximum atomic E-state index is 14.0. The Kier molecular flexibility index (Phi) is 6.09. The number of hydrogen-bond acceptors (Lipinski definition) is 4. The zero-order valence-corrected chi connectivity index (χ0v) is 20.9. The minimum Gasteiger partial charge on any atom is -0.505 e. The number of aryl methyl sites for hydroxylation is 1. The van der Waals surface area contributed by atoms with E-state index >= 15 is 0 Å². The van der Waals surface area contributed by atoms with E-state index in [2.05, 4.69) is 10.4 Å². The van der Waals surface area contributed by atoms with Gasteiger partial charge in [0.15, 0.2) is 11.6 Å². The predicted molar refractivity (Wildman–Crippen MR) is 149 cm³/mol. The van der Waals surface area contributed by atoms with Gasteiger partial charge in [0.1, 0.15) is 17.3 Å². The van der Waals surface area contributed by atoms with Crippen molar-refractivity contribution in [3.8, 4) is 22.6 Å². The molecule has 0 atom stereocenters. The first-order valence-corrected chi connectivity index (χ1v) is 12.4. The number of hydrazine groups is 1. The monoisotopic (exact) mass is 522 g/mol. The second-order valence-corrected chi connectivity index (χ2v) is 9.26. The number of aliphatic hydroxyl groups is 1. The molecule has 8 heteroatoms. The minimum atomic E-state index is -1.06. The second kappa shape index (κ2) is 9.74. The quantitative estimate of drug-likeness (QED) is 0.180. The number of halogens is 2. The van der Waals surface area contributed by atoms with Crippen molar-refractivity contribution in [3.63, 3.8) is 0 Å². The molecule has 0 aliphatic carbocycles. The van der Waals surface area contributed by atoms with E-state index in [4.69, 9.17) is 10.1 Å². The number of aliphatic hydroxyl groups excluding tert-OH is 1. The van der Waals surface area contributed by atoms with Crippen LogP contribution in [0.5, 0.6) is 11.5 Å². The molecule has 6 rings (SSSR count). The summed E-state index contributed by atoms with van der Waals surface area (Å²) in [5, 5.41) is 22.5. The molecule has 39 heavy (non-hydrogen) atoms. The lowest BCUT2D eigenvalue weighted by Gasteiger charge is -2.20. The van der Waals surface area contributed by atoms with Crippen LogP contribution in [0.25, 0.3) is 27.8 Å². The highest BCUT2D eigenvalue weighted by Gasteiger charge is 2.29. The van der Waals surface area contributed by atoms with Crippen LogP contribution in [-0.2, 0) is 0 Å². The lowest BCUT2D eigenvalue weighted by molar-refractivity contribution is 0.416. The summed E-state index contributed by atoms with van der Waals surface area (Å²) in [4.78, 5) is 3.28. The lowest BCUT2D eigenvalue weighted by atomic mass is 10.0. The summed E-state index contributed by atoms with van der Waals surface area (Å²) >= 11 is 0. The van der Waals surface area contributed by atoms with Crippen LogP contribution in [0, 0.1) is 24.0 Å². The van der Waals surface area contributed by atoms with Gasteiger partial charge in [-0.1, -0.05) is 48.5 Å². The number of benzene rings is 4. The topological polar surface area (TPSA) is 84.4 Å². The number of anilines is 1.